The predicted molar refractivity (Wildman–Crippen MR) is 85.5 cm³/mol. The van der Waals surface area contributed by atoms with Crippen LogP contribution in [-0.4, -0.2) is 12.5 Å². The molecule has 1 aliphatic heterocycles. The standard InChI is InChI=1S/C18H20N2O/c1-2-13-11-15(18(19)21)7-8-17(13)20-10-9-14-5-3-4-6-16(14)12-20/h3-8,11H,2,9-10,12H2,1H3,(H2,19,21). The van der Waals surface area contributed by atoms with Gasteiger partial charge in [0.2, 0.25) is 5.91 Å². The van der Waals surface area contributed by atoms with Gasteiger partial charge in [-0.3, -0.25) is 4.79 Å². The first-order chi connectivity index (χ1) is 10.2. The summed E-state index contributed by atoms with van der Waals surface area (Å²) in [7, 11) is 0. The van der Waals surface area contributed by atoms with Crippen LogP contribution in [-0.2, 0) is 19.4 Å². The maximum atomic E-state index is 11.3. The summed E-state index contributed by atoms with van der Waals surface area (Å²) in [4.78, 5) is 13.7. The lowest BCUT2D eigenvalue weighted by molar-refractivity contribution is 0.1000. The van der Waals surface area contributed by atoms with Gasteiger partial charge in [-0.05, 0) is 47.7 Å². The number of hydrogen-bond acceptors (Lipinski definition) is 2. The summed E-state index contributed by atoms with van der Waals surface area (Å²) in [5.74, 6) is -0.361. The molecular formula is C18H20N2O. The lowest BCUT2D eigenvalue weighted by Gasteiger charge is -2.32. The minimum atomic E-state index is -0.361. The van der Waals surface area contributed by atoms with Crippen molar-refractivity contribution >= 4 is 11.6 Å². The van der Waals surface area contributed by atoms with Crippen molar-refractivity contribution in [2.75, 3.05) is 11.4 Å². The summed E-state index contributed by atoms with van der Waals surface area (Å²) in [6.45, 7) is 4.06. The number of benzene rings is 2. The molecule has 0 bridgehead atoms. The van der Waals surface area contributed by atoms with E-state index in [1.54, 1.807) is 0 Å². The van der Waals surface area contributed by atoms with Crippen molar-refractivity contribution in [3.63, 3.8) is 0 Å². The Hall–Kier alpha value is -2.29. The SMILES string of the molecule is CCc1cc(C(N)=O)ccc1N1CCc2ccccc2C1. The first kappa shape index (κ1) is 13.7. The van der Waals surface area contributed by atoms with Gasteiger partial charge in [0.15, 0.2) is 0 Å². The summed E-state index contributed by atoms with van der Waals surface area (Å²) in [5.41, 5.74) is 11.2. The van der Waals surface area contributed by atoms with Crippen molar-refractivity contribution in [2.45, 2.75) is 26.3 Å². The van der Waals surface area contributed by atoms with Gasteiger partial charge in [0, 0.05) is 24.3 Å². The molecule has 0 unspecified atom stereocenters. The van der Waals surface area contributed by atoms with Crippen molar-refractivity contribution in [1.82, 2.24) is 0 Å². The highest BCUT2D eigenvalue weighted by Crippen LogP contribution is 2.28. The molecule has 108 valence electrons. The smallest absolute Gasteiger partial charge is 0.248 e. The quantitative estimate of drug-likeness (QED) is 0.939. The summed E-state index contributed by atoms with van der Waals surface area (Å²) in [6, 6.07) is 14.4. The second kappa shape index (κ2) is 5.60. The van der Waals surface area contributed by atoms with Gasteiger partial charge in [-0.1, -0.05) is 31.2 Å². The molecule has 21 heavy (non-hydrogen) atoms. The monoisotopic (exact) mass is 280 g/mol. The Morgan fingerprint density at radius 3 is 2.67 bits per heavy atom. The number of rotatable bonds is 3. The molecule has 0 fully saturated rings. The molecule has 1 amide bonds. The van der Waals surface area contributed by atoms with E-state index in [1.807, 2.05) is 18.2 Å². The normalized spacial score (nSPS) is 13.9. The zero-order valence-corrected chi connectivity index (χ0v) is 12.3. The van der Waals surface area contributed by atoms with E-state index >= 15 is 0 Å². The Kier molecular flexibility index (Phi) is 3.65. The summed E-state index contributed by atoms with van der Waals surface area (Å²) in [5, 5.41) is 0. The molecule has 3 heteroatoms. The molecule has 0 atom stereocenters. The van der Waals surface area contributed by atoms with Gasteiger partial charge in [-0.2, -0.15) is 0 Å². The van der Waals surface area contributed by atoms with Crippen molar-refractivity contribution in [3.05, 3.63) is 64.7 Å². The number of amides is 1. The van der Waals surface area contributed by atoms with Crippen LogP contribution in [0, 0.1) is 0 Å². The highest BCUT2D eigenvalue weighted by molar-refractivity contribution is 5.93. The molecule has 3 nitrogen and oxygen atoms in total. The molecule has 1 heterocycles. The van der Waals surface area contributed by atoms with E-state index in [2.05, 4.69) is 36.1 Å². The van der Waals surface area contributed by atoms with E-state index in [4.69, 9.17) is 5.73 Å². The zero-order valence-electron chi connectivity index (χ0n) is 12.3. The second-order valence-electron chi connectivity index (χ2n) is 5.50. The Balaban J connectivity index is 1.93. The van der Waals surface area contributed by atoms with Crippen LogP contribution in [0.2, 0.25) is 0 Å². The van der Waals surface area contributed by atoms with Crippen molar-refractivity contribution in [2.24, 2.45) is 5.73 Å². The molecule has 0 aromatic heterocycles. The number of anilines is 1. The molecule has 2 aromatic rings. The van der Waals surface area contributed by atoms with E-state index in [1.165, 1.54) is 22.4 Å². The van der Waals surface area contributed by atoms with E-state index in [0.717, 1.165) is 25.9 Å². The van der Waals surface area contributed by atoms with E-state index in [9.17, 15) is 4.79 Å². The summed E-state index contributed by atoms with van der Waals surface area (Å²) >= 11 is 0. The molecular weight excluding hydrogens is 260 g/mol. The fraction of sp³-hybridized carbons (Fsp3) is 0.278. The molecule has 0 aliphatic carbocycles. The Morgan fingerprint density at radius 2 is 1.95 bits per heavy atom. The number of fused-ring (bicyclic) bond motifs is 1. The van der Waals surface area contributed by atoms with Crippen LogP contribution in [0.1, 0.15) is 34.0 Å². The predicted octanol–water partition coefficient (Wildman–Crippen LogP) is 2.91. The third-order valence-electron chi connectivity index (χ3n) is 4.22. The van der Waals surface area contributed by atoms with E-state index < -0.39 is 0 Å². The van der Waals surface area contributed by atoms with Crippen LogP contribution >= 0.6 is 0 Å². The minimum absolute atomic E-state index is 0.361. The van der Waals surface area contributed by atoms with Crippen LogP contribution < -0.4 is 10.6 Å². The first-order valence-electron chi connectivity index (χ1n) is 7.43. The summed E-state index contributed by atoms with van der Waals surface area (Å²) < 4.78 is 0. The fourth-order valence-electron chi connectivity index (χ4n) is 3.03. The van der Waals surface area contributed by atoms with Crippen LogP contribution in [0.15, 0.2) is 42.5 Å². The van der Waals surface area contributed by atoms with Gasteiger partial charge >= 0.3 is 0 Å². The number of carbonyl (C=O) groups is 1. The number of nitrogens with two attached hydrogens (primary N) is 1. The van der Waals surface area contributed by atoms with E-state index in [-0.39, 0.29) is 5.91 Å². The third kappa shape index (κ3) is 2.64. The van der Waals surface area contributed by atoms with Crippen LogP contribution in [0.4, 0.5) is 5.69 Å². The van der Waals surface area contributed by atoms with Crippen LogP contribution in [0.5, 0.6) is 0 Å². The van der Waals surface area contributed by atoms with E-state index in [0.29, 0.717) is 5.56 Å². The maximum absolute atomic E-state index is 11.3. The molecule has 3 rings (SSSR count). The van der Waals surface area contributed by atoms with Crippen LogP contribution in [0.25, 0.3) is 0 Å². The largest absolute Gasteiger partial charge is 0.367 e. The second-order valence-corrected chi connectivity index (χ2v) is 5.50. The van der Waals surface area contributed by atoms with Gasteiger partial charge in [0.05, 0.1) is 0 Å². The average Bonchev–Trinajstić information content (AvgIpc) is 2.53. The van der Waals surface area contributed by atoms with Gasteiger partial charge in [0.1, 0.15) is 0 Å². The zero-order chi connectivity index (χ0) is 14.8. The fourth-order valence-corrected chi connectivity index (χ4v) is 3.03. The molecule has 0 radical (unpaired) electrons. The highest BCUT2D eigenvalue weighted by Gasteiger charge is 2.18. The maximum Gasteiger partial charge on any atom is 0.248 e. The molecule has 1 aliphatic rings. The minimum Gasteiger partial charge on any atom is -0.367 e. The Labute approximate surface area is 125 Å². The third-order valence-corrected chi connectivity index (χ3v) is 4.22. The van der Waals surface area contributed by atoms with Crippen molar-refractivity contribution in [1.29, 1.82) is 0 Å². The lowest BCUT2D eigenvalue weighted by atomic mass is 9.97. The lowest BCUT2D eigenvalue weighted by Crippen LogP contribution is -2.31. The number of aryl methyl sites for hydroxylation is 1. The number of hydrogen-bond donors (Lipinski definition) is 1. The Bertz CT molecular complexity index is 679. The van der Waals surface area contributed by atoms with Gasteiger partial charge in [0.25, 0.3) is 0 Å². The summed E-state index contributed by atoms with van der Waals surface area (Å²) in [6.07, 6.45) is 1.96. The first-order valence-corrected chi connectivity index (χ1v) is 7.43. The van der Waals surface area contributed by atoms with Gasteiger partial charge in [-0.15, -0.1) is 0 Å². The number of carbonyl (C=O) groups excluding carboxylic acids is 1. The number of nitrogens with zero attached hydrogens (tertiary/aromatic N) is 1. The van der Waals surface area contributed by atoms with Crippen molar-refractivity contribution in [3.8, 4) is 0 Å². The molecule has 2 N–H and O–H groups in total. The highest BCUT2D eigenvalue weighted by atomic mass is 16.1. The molecule has 0 spiro atoms. The Morgan fingerprint density at radius 1 is 1.19 bits per heavy atom. The molecule has 0 saturated heterocycles. The van der Waals surface area contributed by atoms with Crippen LogP contribution in [0.3, 0.4) is 0 Å². The molecule has 0 saturated carbocycles. The van der Waals surface area contributed by atoms with Gasteiger partial charge < -0.3 is 10.6 Å². The molecule has 2 aromatic carbocycles. The topological polar surface area (TPSA) is 46.3 Å². The van der Waals surface area contributed by atoms with Gasteiger partial charge in [-0.25, -0.2) is 0 Å². The number of primary amides is 1. The van der Waals surface area contributed by atoms with Crippen molar-refractivity contribution < 1.29 is 4.79 Å². The average molecular weight is 280 g/mol.